The van der Waals surface area contributed by atoms with Gasteiger partial charge in [0.05, 0.1) is 18.0 Å². The summed E-state index contributed by atoms with van der Waals surface area (Å²) in [5, 5.41) is 26.2. The Kier molecular flexibility index (Phi) is 3.60. The van der Waals surface area contributed by atoms with E-state index in [-0.39, 0.29) is 6.04 Å². The second kappa shape index (κ2) is 6.06. The van der Waals surface area contributed by atoms with Gasteiger partial charge in [0.1, 0.15) is 12.1 Å². The van der Waals surface area contributed by atoms with Gasteiger partial charge in [0.15, 0.2) is 17.8 Å². The maximum absolute atomic E-state index is 9.16. The minimum Gasteiger partial charge on any atom is -0.334 e. The van der Waals surface area contributed by atoms with Gasteiger partial charge >= 0.3 is 0 Å². The second-order valence-electron chi connectivity index (χ2n) is 5.60. The summed E-state index contributed by atoms with van der Waals surface area (Å²) in [6, 6.07) is 5.40. The van der Waals surface area contributed by atoms with Crippen molar-refractivity contribution in [2.45, 2.75) is 18.9 Å². The first kappa shape index (κ1) is 14.8. The fourth-order valence-electron chi connectivity index (χ4n) is 2.82. The smallest absolute Gasteiger partial charge is 0.258 e. The first-order valence-electron chi connectivity index (χ1n) is 7.70. The SMILES string of the molecule is N#Cc1cnn(-c2cc(-c3nc([C@@H]4CCCN4C#N)no3)ccn2)c1. The van der Waals surface area contributed by atoms with E-state index in [1.165, 1.54) is 10.9 Å². The number of hydrogen-bond acceptors (Lipinski definition) is 8. The normalized spacial score (nSPS) is 16.6. The Hall–Kier alpha value is -3.72. The highest BCUT2D eigenvalue weighted by Crippen LogP contribution is 2.30. The lowest BCUT2D eigenvalue weighted by Gasteiger charge is -2.13. The van der Waals surface area contributed by atoms with Gasteiger partial charge in [0.2, 0.25) is 0 Å². The summed E-state index contributed by atoms with van der Waals surface area (Å²) in [4.78, 5) is 10.3. The van der Waals surface area contributed by atoms with Crippen LogP contribution in [0.3, 0.4) is 0 Å². The molecule has 3 aromatic rings. The molecule has 25 heavy (non-hydrogen) atoms. The van der Waals surface area contributed by atoms with Crippen molar-refractivity contribution in [3.63, 3.8) is 0 Å². The largest absolute Gasteiger partial charge is 0.334 e. The monoisotopic (exact) mass is 332 g/mol. The summed E-state index contributed by atoms with van der Waals surface area (Å²) in [6.07, 6.45) is 8.60. The molecule has 0 amide bonds. The van der Waals surface area contributed by atoms with Crippen LogP contribution in [-0.4, -0.2) is 36.3 Å². The van der Waals surface area contributed by atoms with E-state index in [4.69, 9.17) is 15.0 Å². The summed E-state index contributed by atoms with van der Waals surface area (Å²) < 4.78 is 6.87. The molecule has 1 saturated heterocycles. The lowest BCUT2D eigenvalue weighted by atomic mass is 10.2. The highest BCUT2D eigenvalue weighted by atomic mass is 16.5. The Morgan fingerprint density at radius 2 is 2.24 bits per heavy atom. The molecule has 0 saturated carbocycles. The summed E-state index contributed by atoms with van der Waals surface area (Å²) in [5.74, 6) is 1.41. The summed E-state index contributed by atoms with van der Waals surface area (Å²) >= 11 is 0. The van der Waals surface area contributed by atoms with Gasteiger partial charge in [-0.25, -0.2) is 9.67 Å². The number of likely N-dealkylation sites (tertiary alicyclic amines) is 1. The zero-order valence-corrected chi connectivity index (χ0v) is 13.1. The first-order chi connectivity index (χ1) is 12.3. The maximum atomic E-state index is 9.16. The molecule has 0 N–H and O–H groups in total. The van der Waals surface area contributed by atoms with Gasteiger partial charge in [-0.05, 0) is 25.0 Å². The van der Waals surface area contributed by atoms with Crippen LogP contribution in [0, 0.1) is 22.8 Å². The van der Waals surface area contributed by atoms with Crippen molar-refractivity contribution in [1.29, 1.82) is 10.5 Å². The highest BCUT2D eigenvalue weighted by Gasteiger charge is 2.29. The molecule has 0 aliphatic carbocycles. The third kappa shape index (κ3) is 2.68. The van der Waals surface area contributed by atoms with Gasteiger partial charge in [-0.3, -0.25) is 4.90 Å². The van der Waals surface area contributed by atoms with E-state index in [0.717, 1.165) is 12.8 Å². The van der Waals surface area contributed by atoms with Crippen molar-refractivity contribution in [2.24, 2.45) is 0 Å². The quantitative estimate of drug-likeness (QED) is 0.666. The fraction of sp³-hybridized carbons (Fsp3) is 0.250. The molecule has 122 valence electrons. The molecule has 3 aromatic heterocycles. The fourth-order valence-corrected chi connectivity index (χ4v) is 2.82. The Balaban J connectivity index is 1.64. The van der Waals surface area contributed by atoms with E-state index in [1.807, 2.05) is 6.07 Å². The molecule has 1 fully saturated rings. The van der Waals surface area contributed by atoms with Crippen LogP contribution in [0.25, 0.3) is 17.3 Å². The Morgan fingerprint density at radius 1 is 1.32 bits per heavy atom. The molecular formula is C16H12N8O. The molecular weight excluding hydrogens is 320 g/mol. The standard InChI is InChI=1S/C16H12N8O/c17-7-11-8-20-24(9-11)14-6-12(3-4-19-14)16-21-15(22-25-16)13-2-1-5-23(13)10-18/h3-4,6,8-9,13H,1-2,5H2/t13-/m0/s1. The van der Waals surface area contributed by atoms with E-state index in [9.17, 15) is 0 Å². The molecule has 0 aromatic carbocycles. The van der Waals surface area contributed by atoms with Crippen LogP contribution in [-0.2, 0) is 0 Å². The molecule has 9 heteroatoms. The van der Waals surface area contributed by atoms with E-state index in [1.54, 1.807) is 29.4 Å². The van der Waals surface area contributed by atoms with Crippen molar-refractivity contribution in [1.82, 2.24) is 29.8 Å². The minimum absolute atomic E-state index is 0.131. The van der Waals surface area contributed by atoms with Crippen LogP contribution in [0.4, 0.5) is 0 Å². The van der Waals surface area contributed by atoms with Crippen molar-refractivity contribution in [3.8, 4) is 29.5 Å². The van der Waals surface area contributed by atoms with Crippen molar-refractivity contribution in [3.05, 3.63) is 42.1 Å². The number of pyridine rings is 1. The number of rotatable bonds is 3. The summed E-state index contributed by atoms with van der Waals surface area (Å²) in [7, 11) is 0. The number of nitrogens with zero attached hydrogens (tertiary/aromatic N) is 8. The second-order valence-corrected chi connectivity index (χ2v) is 5.60. The zero-order chi connectivity index (χ0) is 17.2. The number of aromatic nitrogens is 5. The zero-order valence-electron chi connectivity index (χ0n) is 13.1. The average Bonchev–Trinajstić information content (AvgIpc) is 3.41. The van der Waals surface area contributed by atoms with Gasteiger partial charge in [-0.2, -0.15) is 20.6 Å². The first-order valence-corrected chi connectivity index (χ1v) is 7.70. The number of hydrogen-bond donors (Lipinski definition) is 0. The van der Waals surface area contributed by atoms with E-state index < -0.39 is 0 Å². The molecule has 9 nitrogen and oxygen atoms in total. The molecule has 1 aliphatic heterocycles. The lowest BCUT2D eigenvalue weighted by molar-refractivity contribution is 0.339. The van der Waals surface area contributed by atoms with Crippen LogP contribution in [0.2, 0.25) is 0 Å². The average molecular weight is 332 g/mol. The van der Waals surface area contributed by atoms with Gasteiger partial charge < -0.3 is 4.52 Å². The molecule has 0 radical (unpaired) electrons. The van der Waals surface area contributed by atoms with E-state index >= 15 is 0 Å². The molecule has 4 rings (SSSR count). The van der Waals surface area contributed by atoms with Crippen LogP contribution in [0.5, 0.6) is 0 Å². The van der Waals surface area contributed by atoms with E-state index in [0.29, 0.717) is 35.2 Å². The Bertz CT molecular complexity index is 992. The highest BCUT2D eigenvalue weighted by molar-refractivity contribution is 5.55. The predicted molar refractivity (Wildman–Crippen MR) is 83.7 cm³/mol. The Labute approximate surface area is 142 Å². The molecule has 4 heterocycles. The maximum Gasteiger partial charge on any atom is 0.258 e. The minimum atomic E-state index is -0.131. The van der Waals surface area contributed by atoms with Crippen LogP contribution in [0.15, 0.2) is 35.2 Å². The third-order valence-corrected chi connectivity index (χ3v) is 4.06. The van der Waals surface area contributed by atoms with Crippen LogP contribution >= 0.6 is 0 Å². The molecule has 0 spiro atoms. The van der Waals surface area contributed by atoms with Crippen molar-refractivity contribution in [2.75, 3.05) is 6.54 Å². The van der Waals surface area contributed by atoms with E-state index in [2.05, 4.69) is 26.4 Å². The molecule has 1 aliphatic rings. The van der Waals surface area contributed by atoms with Gasteiger partial charge in [-0.1, -0.05) is 5.16 Å². The number of nitriles is 2. The van der Waals surface area contributed by atoms with Gasteiger partial charge in [0.25, 0.3) is 5.89 Å². The van der Waals surface area contributed by atoms with Crippen molar-refractivity contribution >= 4 is 0 Å². The Morgan fingerprint density at radius 3 is 3.04 bits per heavy atom. The van der Waals surface area contributed by atoms with Crippen LogP contribution < -0.4 is 0 Å². The molecule has 0 unspecified atom stereocenters. The lowest BCUT2D eigenvalue weighted by Crippen LogP contribution is -2.17. The third-order valence-electron chi connectivity index (χ3n) is 4.06. The summed E-state index contributed by atoms with van der Waals surface area (Å²) in [5.41, 5.74) is 1.14. The van der Waals surface area contributed by atoms with Crippen molar-refractivity contribution < 1.29 is 4.52 Å². The molecule has 1 atom stereocenters. The van der Waals surface area contributed by atoms with Crippen LogP contribution in [0.1, 0.15) is 30.3 Å². The summed E-state index contributed by atoms with van der Waals surface area (Å²) in [6.45, 7) is 0.713. The topological polar surface area (TPSA) is 120 Å². The van der Waals surface area contributed by atoms with Gasteiger partial charge in [0, 0.05) is 18.3 Å². The predicted octanol–water partition coefficient (Wildman–Crippen LogP) is 1.81. The molecule has 0 bridgehead atoms. The van der Waals surface area contributed by atoms with Gasteiger partial charge in [-0.15, -0.1) is 0 Å².